The Morgan fingerprint density at radius 1 is 0.580 bits per heavy atom. The lowest BCUT2D eigenvalue weighted by Gasteiger charge is -2.06. The van der Waals surface area contributed by atoms with Crippen molar-refractivity contribution >= 4 is 47.8 Å². The largest absolute Gasteiger partial charge is 0.481 e. The van der Waals surface area contributed by atoms with Gasteiger partial charge in [0.05, 0.1) is 0 Å². The number of hydrogen-bond donors (Lipinski definition) is 14. The molecular weight excluding hydrogens is 686 g/mol. The highest BCUT2D eigenvalue weighted by molar-refractivity contribution is 5.89. The van der Waals surface area contributed by atoms with Crippen LogP contribution in [0.2, 0.25) is 0 Å². The second-order valence-electron chi connectivity index (χ2n) is 9.61. The number of aliphatic hydroxyl groups excluding tert-OH is 5. The molecule has 0 aliphatic carbocycles. The van der Waals surface area contributed by atoms with Crippen molar-refractivity contribution in [3.05, 3.63) is 0 Å². The Bertz CT molecular complexity index is 842. The molecule has 4 atom stereocenters. The van der Waals surface area contributed by atoms with Crippen molar-refractivity contribution in [2.24, 2.45) is 11.8 Å². The summed E-state index contributed by atoms with van der Waals surface area (Å²) in [6.07, 6.45) is -2.38. The van der Waals surface area contributed by atoms with Gasteiger partial charge in [0.25, 0.3) is 0 Å². The topological polar surface area (TPSA) is 412 Å². The van der Waals surface area contributed by atoms with E-state index in [1.54, 1.807) is 27.7 Å². The smallest absolute Gasteiger partial charge is 0.332 e. The van der Waals surface area contributed by atoms with E-state index in [4.69, 9.17) is 66.4 Å². The van der Waals surface area contributed by atoms with E-state index in [9.17, 15) is 38.4 Å². The maximum absolute atomic E-state index is 10.1. The molecule has 0 radical (unpaired) electrons. The summed E-state index contributed by atoms with van der Waals surface area (Å²) in [6.45, 7) is 9.29. The zero-order valence-electron chi connectivity index (χ0n) is 29.0. The quantitative estimate of drug-likeness (QED) is 0.102. The van der Waals surface area contributed by atoms with Crippen molar-refractivity contribution in [2.75, 3.05) is 20.8 Å². The summed E-state index contributed by atoms with van der Waals surface area (Å²) >= 11 is 0. The molecule has 298 valence electrons. The number of carboxylic acids is 8. The number of hydrogen-bond acceptors (Lipinski definition) is 14. The fourth-order valence-corrected chi connectivity index (χ4v) is 2.12. The van der Waals surface area contributed by atoms with Crippen LogP contribution in [-0.4, -0.2) is 159 Å². The first-order valence-electron chi connectivity index (χ1n) is 14.3. The van der Waals surface area contributed by atoms with Crippen LogP contribution in [-0.2, 0) is 38.4 Å². The number of aliphatic carboxylic acids is 8. The summed E-state index contributed by atoms with van der Waals surface area (Å²) in [5.74, 6) is -9.81. The molecule has 22 nitrogen and oxygen atoms in total. The van der Waals surface area contributed by atoms with E-state index in [-0.39, 0.29) is 17.9 Å². The molecule has 1 rings (SSSR count). The van der Waals surface area contributed by atoms with Crippen molar-refractivity contribution in [1.29, 1.82) is 0 Å². The van der Waals surface area contributed by atoms with E-state index in [1.807, 2.05) is 6.92 Å². The zero-order valence-corrected chi connectivity index (χ0v) is 29.0. The van der Waals surface area contributed by atoms with Crippen molar-refractivity contribution in [2.45, 2.75) is 97.5 Å². The summed E-state index contributed by atoms with van der Waals surface area (Å²) < 4.78 is 0. The van der Waals surface area contributed by atoms with E-state index < -0.39 is 78.9 Å². The van der Waals surface area contributed by atoms with Gasteiger partial charge in [-0.25, -0.2) is 14.4 Å². The molecule has 22 heteroatoms. The lowest BCUT2D eigenvalue weighted by Crippen LogP contribution is -2.29. The van der Waals surface area contributed by atoms with E-state index in [2.05, 4.69) is 5.32 Å². The van der Waals surface area contributed by atoms with Gasteiger partial charge in [0.2, 0.25) is 0 Å². The Morgan fingerprint density at radius 3 is 0.940 bits per heavy atom. The maximum Gasteiger partial charge on any atom is 0.332 e. The van der Waals surface area contributed by atoms with Gasteiger partial charge in [0, 0.05) is 14.2 Å². The van der Waals surface area contributed by atoms with Gasteiger partial charge in [0.15, 0.2) is 18.3 Å². The summed E-state index contributed by atoms with van der Waals surface area (Å²) in [6, 6.07) is -0.269. The molecule has 0 aromatic heterocycles. The van der Waals surface area contributed by atoms with Crippen LogP contribution in [0.4, 0.5) is 0 Å². The Kier molecular flexibility index (Phi) is 49.5. The highest BCUT2D eigenvalue weighted by Gasteiger charge is 2.20. The lowest BCUT2D eigenvalue weighted by molar-refractivity contribution is -0.149. The molecule has 1 saturated heterocycles. The van der Waals surface area contributed by atoms with Gasteiger partial charge >= 0.3 is 47.8 Å². The number of rotatable bonds is 12. The third-order valence-electron chi connectivity index (χ3n) is 4.58. The zero-order chi connectivity index (χ0) is 41.7. The molecule has 0 amide bonds. The number of nitrogens with one attached hydrogen (secondary N) is 1. The van der Waals surface area contributed by atoms with Gasteiger partial charge in [-0.15, -0.1) is 0 Å². The van der Waals surface area contributed by atoms with Crippen molar-refractivity contribution < 1.29 is 105 Å². The van der Waals surface area contributed by atoms with Crippen LogP contribution >= 0.6 is 0 Å². The van der Waals surface area contributed by atoms with E-state index in [1.165, 1.54) is 0 Å². The minimum Gasteiger partial charge on any atom is -0.481 e. The van der Waals surface area contributed by atoms with Crippen LogP contribution in [0.3, 0.4) is 0 Å². The van der Waals surface area contributed by atoms with Crippen LogP contribution in [0, 0.1) is 11.8 Å². The SMILES string of the molecule is CC(C)C(O)C(=O)O.CC(C)C(O)C(=O)O.CCCC(O)C(=O)O.CO.CO.O=C(O)C1CCCN1.O=C(O)CC(=O)O.O=C(O)CC(=O)O. The first kappa shape index (κ1) is 60.8. The molecule has 0 saturated carbocycles. The Balaban J connectivity index is -0.0000000870. The fourth-order valence-electron chi connectivity index (χ4n) is 2.12. The molecule has 0 aromatic carbocycles. The molecular formula is C28H55NO21. The molecule has 1 aliphatic heterocycles. The van der Waals surface area contributed by atoms with Gasteiger partial charge in [-0.1, -0.05) is 41.0 Å². The van der Waals surface area contributed by atoms with Crippen LogP contribution in [0.1, 0.15) is 73.1 Å². The minimum atomic E-state index is -1.31. The van der Waals surface area contributed by atoms with Gasteiger partial charge in [-0.2, -0.15) is 0 Å². The predicted molar refractivity (Wildman–Crippen MR) is 170 cm³/mol. The number of carboxylic acid groups (broad SMARTS) is 8. The number of carbonyl (C=O) groups is 8. The summed E-state index contributed by atoms with van der Waals surface area (Å²) in [5.41, 5.74) is 0. The highest BCUT2D eigenvalue weighted by Crippen LogP contribution is 2.03. The Labute approximate surface area is 288 Å². The summed E-state index contributed by atoms with van der Waals surface area (Å²) in [5, 5.41) is 106. The molecule has 50 heavy (non-hydrogen) atoms. The van der Waals surface area contributed by atoms with Crippen LogP contribution < -0.4 is 5.32 Å². The minimum absolute atomic E-state index is 0.201. The Hall–Kier alpha value is -4.48. The molecule has 1 fully saturated rings. The predicted octanol–water partition coefficient (Wildman–Crippen LogP) is -1.46. The van der Waals surface area contributed by atoms with Crippen molar-refractivity contribution in [3.8, 4) is 0 Å². The van der Waals surface area contributed by atoms with Crippen LogP contribution in [0.5, 0.6) is 0 Å². The summed E-state index contributed by atoms with van der Waals surface area (Å²) in [7, 11) is 2.00. The van der Waals surface area contributed by atoms with E-state index in [0.29, 0.717) is 12.8 Å². The number of aliphatic hydroxyl groups is 5. The van der Waals surface area contributed by atoms with Crippen LogP contribution in [0.15, 0.2) is 0 Å². The van der Waals surface area contributed by atoms with Gasteiger partial charge in [-0.3, -0.25) is 24.0 Å². The molecule has 4 unspecified atom stereocenters. The first-order valence-corrected chi connectivity index (χ1v) is 14.3. The maximum atomic E-state index is 10.1. The average molecular weight is 742 g/mol. The molecule has 14 N–H and O–H groups in total. The fraction of sp³-hybridized carbons (Fsp3) is 0.714. The third-order valence-corrected chi connectivity index (χ3v) is 4.58. The van der Waals surface area contributed by atoms with Crippen molar-refractivity contribution in [3.63, 3.8) is 0 Å². The first-order chi connectivity index (χ1) is 22.8. The average Bonchev–Trinajstić information content (AvgIpc) is 3.54. The normalized spacial score (nSPS) is 13.6. The van der Waals surface area contributed by atoms with Crippen LogP contribution in [0.25, 0.3) is 0 Å². The second-order valence-corrected chi connectivity index (χ2v) is 9.61. The molecule has 1 heterocycles. The molecule has 1 aliphatic rings. The Morgan fingerprint density at radius 2 is 0.880 bits per heavy atom. The standard InChI is InChI=1S/C5H9NO2.3C5H10O3.2C3H4O4.2CH4O/c7-5(8)4-2-1-3-6-4;2*1-3(2)4(6)5(7)8;1-2-3-4(6)5(7)8;2*4-2(5)1-3(6)7;2*1-2/h4,6H,1-3H2,(H,7,8);2*3-4,6H,1-2H3,(H,7,8);4,6H,2-3H2,1H3,(H,7,8);2*1H2,(H,4,5)(H,6,7);2*2H,1H3. The highest BCUT2D eigenvalue weighted by atomic mass is 16.4. The van der Waals surface area contributed by atoms with E-state index in [0.717, 1.165) is 33.6 Å². The van der Waals surface area contributed by atoms with Crippen molar-refractivity contribution in [1.82, 2.24) is 5.32 Å². The third kappa shape index (κ3) is 55.9. The summed E-state index contributed by atoms with van der Waals surface area (Å²) in [4.78, 5) is 77.5. The second kappa shape index (κ2) is 40.7. The van der Waals surface area contributed by atoms with Gasteiger partial charge in [0.1, 0.15) is 18.9 Å². The molecule has 0 aromatic rings. The van der Waals surface area contributed by atoms with Gasteiger partial charge < -0.3 is 71.7 Å². The molecule has 0 spiro atoms. The lowest BCUT2D eigenvalue weighted by atomic mass is 10.1. The van der Waals surface area contributed by atoms with E-state index >= 15 is 0 Å². The monoisotopic (exact) mass is 741 g/mol. The van der Waals surface area contributed by atoms with Gasteiger partial charge in [-0.05, 0) is 37.6 Å². The molecule has 0 bridgehead atoms.